The highest BCUT2D eigenvalue weighted by atomic mass is 19.4. The molecule has 2 atom stereocenters. The van der Waals surface area contributed by atoms with Crippen molar-refractivity contribution >= 4 is 0 Å². The number of rotatable bonds is 1. The van der Waals surface area contributed by atoms with Crippen LogP contribution in [-0.4, -0.2) is 53.8 Å². The van der Waals surface area contributed by atoms with Gasteiger partial charge in [-0.05, 0) is 0 Å². The molecule has 0 spiro atoms. The Morgan fingerprint density at radius 1 is 0.367 bits per heavy atom. The summed E-state index contributed by atoms with van der Waals surface area (Å²) in [5, 5.41) is 0. The van der Waals surface area contributed by atoms with Crippen molar-refractivity contribution < 1.29 is 87.8 Å². The minimum Gasteiger partial charge on any atom is -0.225 e. The van der Waals surface area contributed by atoms with E-state index in [-0.39, 0.29) is 0 Å². The van der Waals surface area contributed by atoms with Crippen LogP contribution in [0.3, 0.4) is 0 Å². The van der Waals surface area contributed by atoms with Crippen LogP contribution in [0.2, 0.25) is 0 Å². The molecule has 1 fully saturated rings. The summed E-state index contributed by atoms with van der Waals surface area (Å²) >= 11 is 0. The van der Waals surface area contributed by atoms with E-state index < -0.39 is 59.2 Å². The third-order valence-electron chi connectivity index (χ3n) is 4.25. The van der Waals surface area contributed by atoms with Gasteiger partial charge in [-0.2, -0.15) is 83.4 Å². The Kier molecular flexibility index (Phi) is 5.05. The van der Waals surface area contributed by atoms with Gasteiger partial charge in [0.25, 0.3) is 5.41 Å². The molecule has 0 bridgehead atoms. The van der Waals surface area contributed by atoms with Crippen molar-refractivity contribution in [3.05, 3.63) is 0 Å². The summed E-state index contributed by atoms with van der Waals surface area (Å²) in [7, 11) is 0. The summed E-state index contributed by atoms with van der Waals surface area (Å²) in [6.45, 7) is 0. The first-order valence-corrected chi connectivity index (χ1v) is 6.28. The minimum absolute atomic E-state index is 8.52. The van der Waals surface area contributed by atoms with Crippen LogP contribution >= 0.6 is 0 Å². The quantitative estimate of drug-likeness (QED) is 0.358. The maximum absolute atomic E-state index is 14.2. The molecule has 0 aromatic carbocycles. The Bertz CT molecular complexity index is 688. The van der Waals surface area contributed by atoms with Gasteiger partial charge in [-0.3, -0.25) is 0 Å². The molecule has 1 rings (SSSR count). The predicted molar refractivity (Wildman–Crippen MR) is 49.2 cm³/mol. The van der Waals surface area contributed by atoms with Crippen molar-refractivity contribution in [1.82, 2.24) is 0 Å². The van der Waals surface area contributed by atoms with E-state index in [0.29, 0.717) is 0 Å². The SMILES string of the molecule is FC(F)(F)C(F)(F)C1(C(F)(F)F)C(F)(F)C(F)(F)C(F)(F)C(F)(F)C1(F)C(F)(F)F. The molecule has 0 heterocycles. The van der Waals surface area contributed by atoms with Crippen molar-refractivity contribution in [1.29, 1.82) is 0 Å². The number of halogens is 20. The zero-order chi connectivity index (χ0) is 25.0. The van der Waals surface area contributed by atoms with E-state index in [1.165, 1.54) is 0 Å². The van der Waals surface area contributed by atoms with Gasteiger partial charge in [-0.15, -0.1) is 0 Å². The highest BCUT2D eigenvalue weighted by Crippen LogP contribution is 2.81. The van der Waals surface area contributed by atoms with Crippen molar-refractivity contribution in [2.75, 3.05) is 0 Å². The lowest BCUT2D eigenvalue weighted by molar-refractivity contribution is -0.568. The molecule has 0 aromatic heterocycles. The van der Waals surface area contributed by atoms with Crippen molar-refractivity contribution in [2.45, 2.75) is 53.8 Å². The summed E-state index contributed by atoms with van der Waals surface area (Å²) in [5.74, 6) is -44.5. The molecule has 0 saturated heterocycles. The van der Waals surface area contributed by atoms with Crippen LogP contribution in [0.4, 0.5) is 87.8 Å². The maximum atomic E-state index is 14.2. The van der Waals surface area contributed by atoms with Crippen molar-refractivity contribution in [2.24, 2.45) is 5.41 Å². The third-order valence-corrected chi connectivity index (χ3v) is 4.25. The Morgan fingerprint density at radius 2 is 0.667 bits per heavy atom. The topological polar surface area (TPSA) is 0 Å². The van der Waals surface area contributed by atoms with Crippen LogP contribution < -0.4 is 0 Å². The zero-order valence-electron chi connectivity index (χ0n) is 12.6. The molecule has 0 aromatic rings. The molecule has 1 aliphatic rings. The second kappa shape index (κ2) is 5.69. The van der Waals surface area contributed by atoms with Crippen molar-refractivity contribution in [3.63, 3.8) is 0 Å². The summed E-state index contributed by atoms with van der Waals surface area (Å²) in [6.07, 6.45) is -26.3. The molecule has 0 N–H and O–H groups in total. The molecule has 0 nitrogen and oxygen atoms in total. The third kappa shape index (κ3) is 2.22. The monoisotopic (exact) mass is 500 g/mol. The van der Waals surface area contributed by atoms with Gasteiger partial charge in [0.05, 0.1) is 0 Å². The number of hydrogen-bond donors (Lipinski definition) is 0. The average molecular weight is 500 g/mol. The van der Waals surface area contributed by atoms with Gasteiger partial charge < -0.3 is 0 Å². The van der Waals surface area contributed by atoms with Gasteiger partial charge in [0, 0.05) is 0 Å². The van der Waals surface area contributed by atoms with Crippen LogP contribution in [0.1, 0.15) is 0 Å². The summed E-state index contributed by atoms with van der Waals surface area (Å²) in [5.41, 5.74) is -18.8. The van der Waals surface area contributed by atoms with E-state index in [2.05, 4.69) is 0 Å². The predicted octanol–water partition coefficient (Wildman–Crippen LogP) is 6.56. The van der Waals surface area contributed by atoms with E-state index in [1.54, 1.807) is 0 Å². The van der Waals surface area contributed by atoms with Crippen LogP contribution in [-0.2, 0) is 0 Å². The van der Waals surface area contributed by atoms with Gasteiger partial charge >= 0.3 is 53.8 Å². The molecule has 2 unspecified atom stereocenters. The molecule has 30 heavy (non-hydrogen) atoms. The standard InChI is InChI=1S/C10F20/c11-2(9(25,26)27)1(8(22,23)24,4(14,15)10(28,29)30)3(12,13)6(18,19)7(20,21)5(2,16)17. The lowest BCUT2D eigenvalue weighted by Crippen LogP contribution is -2.93. The van der Waals surface area contributed by atoms with E-state index in [1.807, 2.05) is 0 Å². The van der Waals surface area contributed by atoms with Gasteiger partial charge in [-0.25, -0.2) is 4.39 Å². The molecule has 1 saturated carbocycles. The Balaban J connectivity index is 4.67. The van der Waals surface area contributed by atoms with Crippen molar-refractivity contribution in [3.8, 4) is 0 Å². The van der Waals surface area contributed by atoms with Gasteiger partial charge in [0.2, 0.25) is 0 Å². The van der Waals surface area contributed by atoms with Crippen LogP contribution in [0.25, 0.3) is 0 Å². The molecular weight excluding hydrogens is 500 g/mol. The van der Waals surface area contributed by atoms with Crippen LogP contribution in [0, 0.1) is 5.41 Å². The first-order chi connectivity index (χ1) is 12.5. The summed E-state index contributed by atoms with van der Waals surface area (Å²) < 4.78 is 262. The molecule has 0 aliphatic heterocycles. The highest BCUT2D eigenvalue weighted by Gasteiger charge is 3.13. The maximum Gasteiger partial charge on any atom is 0.454 e. The molecule has 20 heteroatoms. The first-order valence-electron chi connectivity index (χ1n) is 6.28. The summed E-state index contributed by atoms with van der Waals surface area (Å²) in [6, 6.07) is 0. The molecule has 1 aliphatic carbocycles. The molecule has 0 amide bonds. The Labute approximate surface area is 148 Å². The average Bonchev–Trinajstić information content (AvgIpc) is 2.40. The fraction of sp³-hybridized carbons (Fsp3) is 1.00. The van der Waals surface area contributed by atoms with E-state index >= 15 is 0 Å². The van der Waals surface area contributed by atoms with Crippen LogP contribution in [0.5, 0.6) is 0 Å². The fourth-order valence-corrected chi connectivity index (χ4v) is 2.87. The van der Waals surface area contributed by atoms with E-state index in [0.717, 1.165) is 0 Å². The summed E-state index contributed by atoms with van der Waals surface area (Å²) in [4.78, 5) is 0. The highest BCUT2D eigenvalue weighted by molar-refractivity contribution is 5.35. The second-order valence-electron chi connectivity index (χ2n) is 5.77. The molecular formula is C10F20. The molecule has 180 valence electrons. The Morgan fingerprint density at radius 3 is 0.900 bits per heavy atom. The lowest BCUT2D eigenvalue weighted by Gasteiger charge is -2.60. The lowest BCUT2D eigenvalue weighted by atomic mass is 9.53. The Hall–Kier alpha value is -1.40. The normalized spacial score (nSPS) is 34.0. The van der Waals surface area contributed by atoms with E-state index in [9.17, 15) is 87.8 Å². The van der Waals surface area contributed by atoms with E-state index in [4.69, 9.17) is 0 Å². The zero-order valence-corrected chi connectivity index (χ0v) is 12.6. The number of alkyl halides is 20. The smallest absolute Gasteiger partial charge is 0.225 e. The number of hydrogen-bond acceptors (Lipinski definition) is 0. The van der Waals surface area contributed by atoms with Gasteiger partial charge in [0.1, 0.15) is 0 Å². The van der Waals surface area contributed by atoms with Crippen LogP contribution in [0.15, 0.2) is 0 Å². The minimum atomic E-state index is -9.51. The fourth-order valence-electron chi connectivity index (χ4n) is 2.87. The molecule has 0 radical (unpaired) electrons. The van der Waals surface area contributed by atoms with Gasteiger partial charge in [0.15, 0.2) is 0 Å². The first kappa shape index (κ1) is 26.6. The second-order valence-corrected chi connectivity index (χ2v) is 5.77. The van der Waals surface area contributed by atoms with Gasteiger partial charge in [-0.1, -0.05) is 0 Å². The largest absolute Gasteiger partial charge is 0.454 e.